The number of aryl methyl sites for hydroxylation is 1. The van der Waals surface area contributed by atoms with Crippen molar-refractivity contribution in [1.29, 1.82) is 0 Å². The molecule has 5 heteroatoms. The first-order chi connectivity index (χ1) is 7.52. The van der Waals surface area contributed by atoms with Gasteiger partial charge in [-0.2, -0.15) is 0 Å². The highest BCUT2D eigenvalue weighted by atomic mass is 16.7. The van der Waals surface area contributed by atoms with Gasteiger partial charge in [0, 0.05) is 5.56 Å². The maximum Gasteiger partial charge on any atom is 0.325 e. The highest BCUT2D eigenvalue weighted by Gasteiger charge is 2.28. The number of hydrogen-bond acceptors (Lipinski definition) is 4. The van der Waals surface area contributed by atoms with Crippen molar-refractivity contribution < 1.29 is 19.4 Å². The van der Waals surface area contributed by atoms with Crippen LogP contribution >= 0.6 is 0 Å². The molecular weight excluding hydrogens is 210 g/mol. The summed E-state index contributed by atoms with van der Waals surface area (Å²) in [7, 11) is 0. The molecule has 0 saturated carbocycles. The molecule has 0 aromatic heterocycles. The zero-order valence-electron chi connectivity index (χ0n) is 9.11. The Hall–Kier alpha value is -1.75. The third kappa shape index (κ3) is 1.49. The van der Waals surface area contributed by atoms with Gasteiger partial charge < -0.3 is 20.3 Å². The van der Waals surface area contributed by atoms with Crippen LogP contribution < -0.4 is 15.2 Å². The van der Waals surface area contributed by atoms with Gasteiger partial charge >= 0.3 is 5.97 Å². The van der Waals surface area contributed by atoms with Crippen LogP contribution in [0.15, 0.2) is 6.07 Å². The Labute approximate surface area is 92.8 Å². The molecule has 1 atom stereocenters. The second-order valence-electron chi connectivity index (χ2n) is 3.78. The van der Waals surface area contributed by atoms with Crippen molar-refractivity contribution in [3.63, 3.8) is 0 Å². The Morgan fingerprint density at radius 1 is 1.50 bits per heavy atom. The van der Waals surface area contributed by atoms with Crippen LogP contribution in [-0.2, 0) is 4.79 Å². The number of ether oxygens (including phenoxy) is 2. The molecule has 0 amide bonds. The van der Waals surface area contributed by atoms with Gasteiger partial charge in [-0.15, -0.1) is 0 Å². The lowest BCUT2D eigenvalue weighted by Gasteiger charge is -2.15. The number of rotatable bonds is 2. The molecule has 0 spiro atoms. The molecule has 16 heavy (non-hydrogen) atoms. The summed E-state index contributed by atoms with van der Waals surface area (Å²) < 4.78 is 10.5. The Bertz CT molecular complexity index is 456. The SMILES string of the molecule is Cc1cc2c(c(C(N)C(=O)O)c1C)OCO2. The number of hydrogen-bond donors (Lipinski definition) is 2. The molecule has 5 nitrogen and oxygen atoms in total. The standard InChI is InChI=1S/C11H13NO4/c1-5-3-7-10(16-4-15-7)8(6(5)2)9(12)11(13)14/h3,9H,4,12H2,1-2H3,(H,13,14). The smallest absolute Gasteiger partial charge is 0.325 e. The fraction of sp³-hybridized carbons (Fsp3) is 0.364. The molecule has 3 N–H and O–H groups in total. The van der Waals surface area contributed by atoms with Crippen molar-refractivity contribution >= 4 is 5.97 Å². The van der Waals surface area contributed by atoms with E-state index in [4.69, 9.17) is 20.3 Å². The summed E-state index contributed by atoms with van der Waals surface area (Å²) in [4.78, 5) is 10.9. The van der Waals surface area contributed by atoms with E-state index in [0.717, 1.165) is 11.1 Å². The van der Waals surface area contributed by atoms with Crippen LogP contribution in [0.1, 0.15) is 22.7 Å². The van der Waals surface area contributed by atoms with E-state index in [1.165, 1.54) is 0 Å². The minimum Gasteiger partial charge on any atom is -0.480 e. The molecule has 0 bridgehead atoms. The first-order valence-corrected chi connectivity index (χ1v) is 4.90. The molecule has 0 radical (unpaired) electrons. The predicted octanol–water partition coefficient (Wildman–Crippen LogP) is 1.12. The number of nitrogens with two attached hydrogens (primary N) is 1. The predicted molar refractivity (Wildman–Crippen MR) is 56.6 cm³/mol. The number of benzene rings is 1. The molecule has 86 valence electrons. The normalized spacial score (nSPS) is 14.9. The molecule has 1 aliphatic rings. The summed E-state index contributed by atoms with van der Waals surface area (Å²) in [6.45, 7) is 3.82. The summed E-state index contributed by atoms with van der Waals surface area (Å²) in [6, 6.07) is 0.741. The van der Waals surface area contributed by atoms with E-state index in [1.807, 2.05) is 19.9 Å². The van der Waals surface area contributed by atoms with Gasteiger partial charge in [0.2, 0.25) is 6.79 Å². The summed E-state index contributed by atoms with van der Waals surface area (Å²) in [5.41, 5.74) is 7.92. The van der Waals surface area contributed by atoms with Crippen molar-refractivity contribution in [2.45, 2.75) is 19.9 Å². The van der Waals surface area contributed by atoms with Crippen LogP contribution in [0.3, 0.4) is 0 Å². The fourth-order valence-electron chi connectivity index (χ4n) is 1.79. The number of carboxylic acid groups (broad SMARTS) is 1. The van der Waals surface area contributed by atoms with Crippen LogP contribution in [0, 0.1) is 13.8 Å². The molecule has 1 aromatic carbocycles. The van der Waals surface area contributed by atoms with Crippen LogP contribution in [0.2, 0.25) is 0 Å². The van der Waals surface area contributed by atoms with Crippen LogP contribution in [0.5, 0.6) is 11.5 Å². The number of carbonyl (C=O) groups is 1. The molecule has 1 heterocycles. The Kier molecular flexibility index (Phi) is 2.47. The van der Waals surface area contributed by atoms with Gasteiger partial charge in [0.05, 0.1) is 0 Å². The first kappa shape index (κ1) is 10.8. The minimum absolute atomic E-state index is 0.109. The van der Waals surface area contributed by atoms with Gasteiger partial charge in [0.25, 0.3) is 0 Å². The molecule has 1 unspecified atom stereocenters. The van der Waals surface area contributed by atoms with E-state index < -0.39 is 12.0 Å². The average molecular weight is 223 g/mol. The molecule has 0 aliphatic carbocycles. The van der Waals surface area contributed by atoms with Crippen LogP contribution in [-0.4, -0.2) is 17.9 Å². The second kappa shape index (κ2) is 3.68. The Morgan fingerprint density at radius 2 is 2.19 bits per heavy atom. The van der Waals surface area contributed by atoms with Gasteiger partial charge in [-0.25, -0.2) is 0 Å². The van der Waals surface area contributed by atoms with Crippen LogP contribution in [0.4, 0.5) is 0 Å². The lowest BCUT2D eigenvalue weighted by molar-refractivity contribution is -0.138. The van der Waals surface area contributed by atoms with Crippen molar-refractivity contribution in [2.24, 2.45) is 5.73 Å². The van der Waals surface area contributed by atoms with E-state index in [0.29, 0.717) is 17.1 Å². The molecule has 1 aliphatic heterocycles. The van der Waals surface area contributed by atoms with Gasteiger partial charge in [0.1, 0.15) is 6.04 Å². The summed E-state index contributed by atoms with van der Waals surface area (Å²) in [6.07, 6.45) is 0. The lowest BCUT2D eigenvalue weighted by Crippen LogP contribution is -2.22. The van der Waals surface area contributed by atoms with Crippen molar-refractivity contribution in [3.8, 4) is 11.5 Å². The summed E-state index contributed by atoms with van der Waals surface area (Å²) in [5, 5.41) is 8.96. The largest absolute Gasteiger partial charge is 0.480 e. The Balaban J connectivity index is 2.63. The number of aliphatic carboxylic acids is 1. The summed E-state index contributed by atoms with van der Waals surface area (Å²) >= 11 is 0. The highest BCUT2D eigenvalue weighted by molar-refractivity contribution is 5.78. The topological polar surface area (TPSA) is 81.8 Å². The summed E-state index contributed by atoms with van der Waals surface area (Å²) in [5.74, 6) is -0.0563. The molecule has 0 fully saturated rings. The third-order valence-electron chi connectivity index (χ3n) is 2.81. The number of fused-ring (bicyclic) bond motifs is 1. The first-order valence-electron chi connectivity index (χ1n) is 4.90. The zero-order valence-corrected chi connectivity index (χ0v) is 9.11. The average Bonchev–Trinajstić information content (AvgIpc) is 2.66. The second-order valence-corrected chi connectivity index (χ2v) is 3.78. The van der Waals surface area contributed by atoms with Gasteiger partial charge in [0.15, 0.2) is 11.5 Å². The maximum atomic E-state index is 10.9. The monoisotopic (exact) mass is 223 g/mol. The van der Waals surface area contributed by atoms with E-state index in [9.17, 15) is 4.79 Å². The van der Waals surface area contributed by atoms with Gasteiger partial charge in [-0.05, 0) is 31.0 Å². The van der Waals surface area contributed by atoms with Gasteiger partial charge in [-0.3, -0.25) is 4.79 Å². The maximum absolute atomic E-state index is 10.9. The van der Waals surface area contributed by atoms with Crippen molar-refractivity contribution in [3.05, 3.63) is 22.8 Å². The van der Waals surface area contributed by atoms with E-state index in [1.54, 1.807) is 0 Å². The van der Waals surface area contributed by atoms with Gasteiger partial charge in [-0.1, -0.05) is 0 Å². The van der Waals surface area contributed by atoms with Crippen LogP contribution in [0.25, 0.3) is 0 Å². The molecule has 0 saturated heterocycles. The molecule has 2 rings (SSSR count). The Morgan fingerprint density at radius 3 is 2.81 bits per heavy atom. The lowest BCUT2D eigenvalue weighted by atomic mass is 9.96. The van der Waals surface area contributed by atoms with E-state index in [-0.39, 0.29) is 6.79 Å². The van der Waals surface area contributed by atoms with Crippen molar-refractivity contribution in [2.75, 3.05) is 6.79 Å². The quantitative estimate of drug-likeness (QED) is 0.785. The zero-order chi connectivity index (χ0) is 11.9. The molecule has 1 aromatic rings. The minimum atomic E-state index is -1.09. The van der Waals surface area contributed by atoms with E-state index >= 15 is 0 Å². The van der Waals surface area contributed by atoms with Crippen molar-refractivity contribution in [1.82, 2.24) is 0 Å². The highest BCUT2D eigenvalue weighted by Crippen LogP contribution is 2.41. The fourth-order valence-corrected chi connectivity index (χ4v) is 1.79. The van der Waals surface area contributed by atoms with E-state index in [2.05, 4.69) is 0 Å². The molecular formula is C11H13NO4. The third-order valence-corrected chi connectivity index (χ3v) is 2.81. The number of carboxylic acids is 1.